The van der Waals surface area contributed by atoms with Gasteiger partial charge in [0, 0.05) is 5.41 Å². The van der Waals surface area contributed by atoms with Crippen molar-refractivity contribution in [2.45, 2.75) is 32.3 Å². The highest BCUT2D eigenvalue weighted by Gasteiger charge is 2.25. The predicted molar refractivity (Wildman–Crippen MR) is 107 cm³/mol. The zero-order chi connectivity index (χ0) is 20.0. The molecule has 0 N–H and O–H groups in total. The molecule has 1 atom stereocenters. The zero-order valence-corrected chi connectivity index (χ0v) is 16.1. The summed E-state index contributed by atoms with van der Waals surface area (Å²) in [7, 11) is 0. The van der Waals surface area contributed by atoms with Gasteiger partial charge in [-0.25, -0.2) is 8.78 Å². The number of hydrogen-bond acceptors (Lipinski definition) is 2. The number of ether oxygens (including phenoxy) is 2. The monoisotopic (exact) mass is 382 g/mol. The first-order chi connectivity index (χ1) is 13.5. The minimum absolute atomic E-state index is 0.185. The summed E-state index contributed by atoms with van der Waals surface area (Å²) < 4.78 is 38.0. The van der Waals surface area contributed by atoms with Crippen molar-refractivity contribution in [2.75, 3.05) is 6.61 Å². The number of benzene rings is 3. The molecule has 28 heavy (non-hydrogen) atoms. The van der Waals surface area contributed by atoms with Gasteiger partial charge in [0.15, 0.2) is 0 Å². The van der Waals surface area contributed by atoms with E-state index in [9.17, 15) is 8.78 Å². The molecule has 0 radical (unpaired) electrons. The van der Waals surface area contributed by atoms with Crippen molar-refractivity contribution in [3.05, 3.63) is 95.6 Å². The van der Waals surface area contributed by atoms with Crippen LogP contribution in [0, 0.1) is 11.6 Å². The Kier molecular flexibility index (Phi) is 6.42. The number of hydrogen-bond donors (Lipinski definition) is 0. The molecule has 0 fully saturated rings. The summed E-state index contributed by atoms with van der Waals surface area (Å²) in [5.41, 5.74) is 1.86. The average molecular weight is 382 g/mol. The molecular formula is C24H24F2O2. The molecule has 2 nitrogen and oxygen atoms in total. The average Bonchev–Trinajstić information content (AvgIpc) is 2.70. The Balaban J connectivity index is 1.61. The van der Waals surface area contributed by atoms with E-state index >= 15 is 0 Å². The first-order valence-electron chi connectivity index (χ1n) is 9.35. The van der Waals surface area contributed by atoms with Gasteiger partial charge in [-0.3, -0.25) is 0 Å². The van der Waals surface area contributed by atoms with E-state index in [0.717, 1.165) is 17.5 Å². The van der Waals surface area contributed by atoms with Gasteiger partial charge in [0.05, 0.1) is 13.2 Å². The van der Waals surface area contributed by atoms with E-state index < -0.39 is 0 Å². The fourth-order valence-corrected chi connectivity index (χ4v) is 2.97. The second-order valence-electron chi connectivity index (χ2n) is 7.12. The van der Waals surface area contributed by atoms with Gasteiger partial charge >= 0.3 is 0 Å². The number of halogens is 2. The van der Waals surface area contributed by atoms with Crippen LogP contribution in [0.25, 0.3) is 0 Å². The normalized spacial score (nSPS) is 13.1. The molecule has 4 heteroatoms. The first-order valence-corrected chi connectivity index (χ1v) is 9.35. The molecule has 3 aromatic carbocycles. The summed E-state index contributed by atoms with van der Waals surface area (Å²) in [6, 6.07) is 20.1. The van der Waals surface area contributed by atoms with Gasteiger partial charge < -0.3 is 9.47 Å². The fraction of sp³-hybridized carbons (Fsp3) is 0.250. The highest BCUT2D eigenvalue weighted by molar-refractivity contribution is 5.34. The summed E-state index contributed by atoms with van der Waals surface area (Å²) in [4.78, 5) is 0. The standard InChI is InChI=1S/C24H24F2O2/c1-3-24(2,19-7-9-20(25)10-8-19)17-27-16-18-5-4-6-23(15-18)28-22-13-11-21(26)12-14-22/h4-15H,3,16-17H2,1-2H3/t24-/m1/s1. The lowest BCUT2D eigenvalue weighted by molar-refractivity contribution is 0.0747. The van der Waals surface area contributed by atoms with Crippen LogP contribution in [0.4, 0.5) is 8.78 Å². The molecule has 0 saturated carbocycles. The molecule has 3 rings (SSSR count). The van der Waals surface area contributed by atoms with E-state index in [1.54, 1.807) is 12.1 Å². The quantitative estimate of drug-likeness (QED) is 0.435. The van der Waals surface area contributed by atoms with E-state index in [0.29, 0.717) is 24.7 Å². The molecule has 146 valence electrons. The van der Waals surface area contributed by atoms with E-state index in [1.807, 2.05) is 36.4 Å². The summed E-state index contributed by atoms with van der Waals surface area (Å²) in [6.07, 6.45) is 0.881. The third-order valence-corrected chi connectivity index (χ3v) is 4.96. The lowest BCUT2D eigenvalue weighted by Gasteiger charge is -2.28. The van der Waals surface area contributed by atoms with Gasteiger partial charge in [-0.05, 0) is 66.1 Å². The Morgan fingerprint density at radius 2 is 1.46 bits per heavy atom. The van der Waals surface area contributed by atoms with Gasteiger partial charge in [0.1, 0.15) is 23.1 Å². The molecule has 0 heterocycles. The van der Waals surface area contributed by atoms with Crippen LogP contribution in [0.3, 0.4) is 0 Å². The van der Waals surface area contributed by atoms with Crippen LogP contribution >= 0.6 is 0 Å². The molecule has 0 aliphatic heterocycles. The Morgan fingerprint density at radius 1 is 0.821 bits per heavy atom. The van der Waals surface area contributed by atoms with Crippen LogP contribution in [-0.4, -0.2) is 6.61 Å². The van der Waals surface area contributed by atoms with Crippen LogP contribution < -0.4 is 4.74 Å². The van der Waals surface area contributed by atoms with E-state index in [4.69, 9.17) is 9.47 Å². The van der Waals surface area contributed by atoms with Crippen molar-refractivity contribution in [1.82, 2.24) is 0 Å². The SMILES string of the molecule is CC[C@](C)(COCc1cccc(Oc2ccc(F)cc2)c1)c1ccc(F)cc1. The number of rotatable bonds is 8. The fourth-order valence-electron chi connectivity index (χ4n) is 2.97. The van der Waals surface area contributed by atoms with Gasteiger partial charge in [-0.2, -0.15) is 0 Å². The molecule has 0 aliphatic carbocycles. The van der Waals surface area contributed by atoms with Gasteiger partial charge in [-0.15, -0.1) is 0 Å². The smallest absolute Gasteiger partial charge is 0.127 e. The molecule has 0 unspecified atom stereocenters. The van der Waals surface area contributed by atoms with Crippen molar-refractivity contribution in [1.29, 1.82) is 0 Å². The summed E-state index contributed by atoms with van der Waals surface area (Å²) in [6.45, 7) is 5.19. The lowest BCUT2D eigenvalue weighted by Crippen LogP contribution is -2.27. The molecule has 0 amide bonds. The van der Waals surface area contributed by atoms with Crippen molar-refractivity contribution in [3.63, 3.8) is 0 Å². The zero-order valence-electron chi connectivity index (χ0n) is 16.1. The molecule has 0 aromatic heterocycles. The minimum Gasteiger partial charge on any atom is -0.457 e. The molecule has 0 spiro atoms. The van der Waals surface area contributed by atoms with Crippen LogP contribution in [0.5, 0.6) is 11.5 Å². The van der Waals surface area contributed by atoms with Crippen LogP contribution in [-0.2, 0) is 16.8 Å². The largest absolute Gasteiger partial charge is 0.457 e. The van der Waals surface area contributed by atoms with Crippen molar-refractivity contribution >= 4 is 0 Å². The van der Waals surface area contributed by atoms with E-state index in [-0.39, 0.29) is 17.0 Å². The Hall–Kier alpha value is -2.72. The summed E-state index contributed by atoms with van der Waals surface area (Å²) >= 11 is 0. The molecular weight excluding hydrogens is 358 g/mol. The maximum atomic E-state index is 13.2. The maximum absolute atomic E-state index is 13.2. The lowest BCUT2D eigenvalue weighted by atomic mass is 9.81. The van der Waals surface area contributed by atoms with Crippen molar-refractivity contribution in [2.24, 2.45) is 0 Å². The highest BCUT2D eigenvalue weighted by Crippen LogP contribution is 2.29. The molecule has 3 aromatic rings. The molecule has 0 bridgehead atoms. The van der Waals surface area contributed by atoms with Crippen LogP contribution in [0.2, 0.25) is 0 Å². The van der Waals surface area contributed by atoms with Crippen molar-refractivity contribution in [3.8, 4) is 11.5 Å². The van der Waals surface area contributed by atoms with Crippen LogP contribution in [0.15, 0.2) is 72.8 Å². The summed E-state index contributed by atoms with van der Waals surface area (Å²) in [5.74, 6) is 0.717. The first kappa shape index (κ1) is 20.0. The second-order valence-corrected chi connectivity index (χ2v) is 7.12. The van der Waals surface area contributed by atoms with Gasteiger partial charge in [0.2, 0.25) is 0 Å². The minimum atomic E-state index is -0.297. The second kappa shape index (κ2) is 8.98. The maximum Gasteiger partial charge on any atom is 0.127 e. The van der Waals surface area contributed by atoms with Gasteiger partial charge in [-0.1, -0.05) is 38.1 Å². The Labute approximate surface area is 164 Å². The third-order valence-electron chi connectivity index (χ3n) is 4.96. The molecule has 0 saturated heterocycles. The Morgan fingerprint density at radius 3 is 2.11 bits per heavy atom. The van der Waals surface area contributed by atoms with E-state index in [1.165, 1.54) is 24.3 Å². The van der Waals surface area contributed by atoms with Gasteiger partial charge in [0.25, 0.3) is 0 Å². The van der Waals surface area contributed by atoms with E-state index in [2.05, 4.69) is 13.8 Å². The summed E-state index contributed by atoms with van der Waals surface area (Å²) in [5, 5.41) is 0. The predicted octanol–water partition coefficient (Wildman–Crippen LogP) is 6.64. The Bertz CT molecular complexity index is 891. The topological polar surface area (TPSA) is 18.5 Å². The highest BCUT2D eigenvalue weighted by atomic mass is 19.1. The van der Waals surface area contributed by atoms with Crippen molar-refractivity contribution < 1.29 is 18.3 Å². The van der Waals surface area contributed by atoms with Crippen LogP contribution in [0.1, 0.15) is 31.4 Å². The third kappa shape index (κ3) is 5.17. The molecule has 0 aliphatic rings.